The molecule has 1 aromatic heterocycles. The molecule has 1 amide bonds. The summed E-state index contributed by atoms with van der Waals surface area (Å²) in [5.41, 5.74) is 5.25. The third-order valence-corrected chi connectivity index (χ3v) is 3.58. The van der Waals surface area contributed by atoms with Gasteiger partial charge in [-0.2, -0.15) is 0 Å². The van der Waals surface area contributed by atoms with Crippen molar-refractivity contribution in [2.75, 3.05) is 6.54 Å². The van der Waals surface area contributed by atoms with Gasteiger partial charge in [0.1, 0.15) is 5.76 Å². The van der Waals surface area contributed by atoms with Gasteiger partial charge in [0, 0.05) is 13.0 Å². The van der Waals surface area contributed by atoms with E-state index in [1.165, 1.54) is 0 Å². The number of oxazole rings is 1. The number of aromatic nitrogens is 1. The van der Waals surface area contributed by atoms with Crippen LogP contribution in [0.4, 0.5) is 0 Å². The lowest BCUT2D eigenvalue weighted by Crippen LogP contribution is -2.45. The molecule has 0 saturated carbocycles. The van der Waals surface area contributed by atoms with E-state index in [1.807, 2.05) is 20.8 Å². The molecule has 5 nitrogen and oxygen atoms in total. The van der Waals surface area contributed by atoms with E-state index in [0.29, 0.717) is 19.0 Å². The van der Waals surface area contributed by atoms with Crippen LogP contribution in [0.1, 0.15) is 45.3 Å². The largest absolute Gasteiger partial charge is 0.444 e. The second-order valence-corrected chi connectivity index (χ2v) is 4.45. The molecule has 1 aromatic rings. The third kappa shape index (κ3) is 3.10. The van der Waals surface area contributed by atoms with Crippen molar-refractivity contribution in [1.82, 2.24) is 10.3 Å². The van der Waals surface area contributed by atoms with E-state index in [-0.39, 0.29) is 5.91 Å². The van der Waals surface area contributed by atoms with E-state index >= 15 is 0 Å². The molecule has 1 heterocycles. The van der Waals surface area contributed by atoms with Crippen molar-refractivity contribution < 1.29 is 9.21 Å². The van der Waals surface area contributed by atoms with Crippen molar-refractivity contribution in [1.29, 1.82) is 0 Å². The van der Waals surface area contributed by atoms with Gasteiger partial charge in [-0.3, -0.25) is 4.79 Å². The topological polar surface area (TPSA) is 81.2 Å². The standard InChI is InChI=1S/C13H23N3O2/c1-4-10-7-15-11(18-10)8-16-12(17)13(5-2,6-3)9-14/h7H,4-6,8-9,14H2,1-3H3,(H,16,17). The van der Waals surface area contributed by atoms with Gasteiger partial charge in [0.15, 0.2) is 0 Å². The van der Waals surface area contributed by atoms with Crippen LogP contribution in [0.5, 0.6) is 0 Å². The number of rotatable bonds is 7. The van der Waals surface area contributed by atoms with Crippen LogP contribution in [-0.4, -0.2) is 17.4 Å². The molecule has 0 radical (unpaired) electrons. The lowest BCUT2D eigenvalue weighted by atomic mass is 9.81. The number of amides is 1. The molecule has 18 heavy (non-hydrogen) atoms. The monoisotopic (exact) mass is 253 g/mol. The van der Waals surface area contributed by atoms with Crippen LogP contribution in [0.15, 0.2) is 10.6 Å². The maximum Gasteiger partial charge on any atom is 0.227 e. The first-order valence-corrected chi connectivity index (χ1v) is 6.53. The summed E-state index contributed by atoms with van der Waals surface area (Å²) in [6.07, 6.45) is 3.96. The van der Waals surface area contributed by atoms with E-state index < -0.39 is 5.41 Å². The number of aryl methyl sites for hydroxylation is 1. The molecule has 5 heteroatoms. The predicted molar refractivity (Wildman–Crippen MR) is 69.8 cm³/mol. The maximum absolute atomic E-state index is 12.1. The smallest absolute Gasteiger partial charge is 0.227 e. The van der Waals surface area contributed by atoms with Crippen molar-refractivity contribution in [3.05, 3.63) is 17.8 Å². The average molecular weight is 253 g/mol. The number of nitrogens with two attached hydrogens (primary N) is 1. The molecule has 0 fully saturated rings. The summed E-state index contributed by atoms with van der Waals surface area (Å²) in [5, 5.41) is 2.85. The lowest BCUT2D eigenvalue weighted by molar-refractivity contribution is -0.131. The van der Waals surface area contributed by atoms with Crippen LogP contribution < -0.4 is 11.1 Å². The number of hydrogen-bond acceptors (Lipinski definition) is 4. The van der Waals surface area contributed by atoms with Gasteiger partial charge in [-0.25, -0.2) is 4.98 Å². The van der Waals surface area contributed by atoms with E-state index in [4.69, 9.17) is 10.2 Å². The summed E-state index contributed by atoms with van der Waals surface area (Å²) in [5.74, 6) is 1.35. The molecular formula is C13H23N3O2. The molecule has 0 atom stereocenters. The van der Waals surface area contributed by atoms with Crippen LogP contribution in [0.25, 0.3) is 0 Å². The minimum Gasteiger partial charge on any atom is -0.444 e. The molecule has 0 aliphatic heterocycles. The van der Waals surface area contributed by atoms with E-state index in [9.17, 15) is 4.79 Å². The van der Waals surface area contributed by atoms with Gasteiger partial charge >= 0.3 is 0 Å². The number of nitrogens with one attached hydrogen (secondary N) is 1. The quantitative estimate of drug-likeness (QED) is 0.773. The first-order chi connectivity index (χ1) is 8.61. The summed E-state index contributed by atoms with van der Waals surface area (Å²) in [6, 6.07) is 0. The molecule has 0 aliphatic carbocycles. The number of hydrogen-bond donors (Lipinski definition) is 2. The Morgan fingerprint density at radius 2 is 2.11 bits per heavy atom. The molecule has 0 saturated heterocycles. The highest BCUT2D eigenvalue weighted by atomic mass is 16.4. The molecule has 0 aromatic carbocycles. The Morgan fingerprint density at radius 3 is 2.56 bits per heavy atom. The number of nitrogens with zero attached hydrogens (tertiary/aromatic N) is 1. The second-order valence-electron chi connectivity index (χ2n) is 4.45. The Labute approximate surface area is 108 Å². The molecule has 0 aliphatic rings. The molecule has 0 bridgehead atoms. The fourth-order valence-electron chi connectivity index (χ4n) is 1.89. The van der Waals surface area contributed by atoms with Crippen molar-refractivity contribution in [3.8, 4) is 0 Å². The third-order valence-electron chi connectivity index (χ3n) is 3.58. The SMILES string of the molecule is CCc1cnc(CNC(=O)C(CC)(CC)CN)o1. The van der Waals surface area contributed by atoms with Crippen molar-refractivity contribution >= 4 is 5.91 Å². The highest BCUT2D eigenvalue weighted by molar-refractivity contribution is 5.82. The summed E-state index contributed by atoms with van der Waals surface area (Å²) in [6.45, 7) is 6.64. The van der Waals surface area contributed by atoms with Gasteiger partial charge in [0.25, 0.3) is 0 Å². The summed E-state index contributed by atoms with van der Waals surface area (Å²) >= 11 is 0. The Bertz CT molecular complexity index is 375. The van der Waals surface area contributed by atoms with Crippen LogP contribution >= 0.6 is 0 Å². The molecule has 102 valence electrons. The Kier molecular flexibility index (Phi) is 5.34. The maximum atomic E-state index is 12.1. The normalized spacial score (nSPS) is 11.6. The zero-order valence-electron chi connectivity index (χ0n) is 11.5. The number of carbonyl (C=O) groups is 1. The zero-order valence-corrected chi connectivity index (χ0v) is 11.5. The van der Waals surface area contributed by atoms with Crippen molar-refractivity contribution in [2.45, 2.75) is 46.6 Å². The molecule has 0 unspecified atom stereocenters. The van der Waals surface area contributed by atoms with E-state index in [2.05, 4.69) is 10.3 Å². The van der Waals surface area contributed by atoms with Crippen LogP contribution in [0.3, 0.4) is 0 Å². The molecular weight excluding hydrogens is 230 g/mol. The Hall–Kier alpha value is -1.36. The van der Waals surface area contributed by atoms with Gasteiger partial charge < -0.3 is 15.5 Å². The van der Waals surface area contributed by atoms with Crippen molar-refractivity contribution in [3.63, 3.8) is 0 Å². The summed E-state index contributed by atoms with van der Waals surface area (Å²) < 4.78 is 5.44. The first-order valence-electron chi connectivity index (χ1n) is 6.53. The highest BCUT2D eigenvalue weighted by Crippen LogP contribution is 2.25. The predicted octanol–water partition coefficient (Wildman–Crippen LogP) is 1.62. The second kappa shape index (κ2) is 6.54. The Morgan fingerprint density at radius 1 is 1.44 bits per heavy atom. The van der Waals surface area contributed by atoms with Gasteiger partial charge in [0.05, 0.1) is 18.2 Å². The van der Waals surface area contributed by atoms with Crippen molar-refractivity contribution in [2.24, 2.45) is 11.1 Å². The fourth-order valence-corrected chi connectivity index (χ4v) is 1.89. The summed E-state index contributed by atoms with van der Waals surface area (Å²) in [7, 11) is 0. The van der Waals surface area contributed by atoms with Crippen LogP contribution in [-0.2, 0) is 17.8 Å². The van der Waals surface area contributed by atoms with Gasteiger partial charge in [0.2, 0.25) is 11.8 Å². The summed E-state index contributed by atoms with van der Waals surface area (Å²) in [4.78, 5) is 16.3. The first kappa shape index (κ1) is 14.7. The minimum absolute atomic E-state index is 0.0220. The average Bonchev–Trinajstić information content (AvgIpc) is 2.87. The van der Waals surface area contributed by atoms with E-state index in [1.54, 1.807) is 6.20 Å². The van der Waals surface area contributed by atoms with Crippen LogP contribution in [0, 0.1) is 5.41 Å². The fraction of sp³-hybridized carbons (Fsp3) is 0.692. The number of carbonyl (C=O) groups excluding carboxylic acids is 1. The Balaban J connectivity index is 2.59. The molecule has 1 rings (SSSR count). The molecule has 0 spiro atoms. The van der Waals surface area contributed by atoms with Gasteiger partial charge in [-0.05, 0) is 12.8 Å². The minimum atomic E-state index is -0.472. The lowest BCUT2D eigenvalue weighted by Gasteiger charge is -2.28. The zero-order chi connectivity index (χ0) is 13.6. The van der Waals surface area contributed by atoms with Gasteiger partial charge in [-0.15, -0.1) is 0 Å². The van der Waals surface area contributed by atoms with Gasteiger partial charge in [-0.1, -0.05) is 20.8 Å². The van der Waals surface area contributed by atoms with Crippen LogP contribution in [0.2, 0.25) is 0 Å². The van der Waals surface area contributed by atoms with E-state index in [0.717, 1.165) is 25.0 Å². The molecule has 3 N–H and O–H groups in total. The highest BCUT2D eigenvalue weighted by Gasteiger charge is 2.33.